The van der Waals surface area contributed by atoms with E-state index in [0.29, 0.717) is 6.54 Å². The third-order valence-electron chi connectivity index (χ3n) is 5.20. The minimum Gasteiger partial charge on any atom is -0.355 e. The molecule has 0 aliphatic carbocycles. The van der Waals surface area contributed by atoms with Crippen LogP contribution in [0.4, 0.5) is 5.69 Å². The van der Waals surface area contributed by atoms with Crippen LogP contribution >= 0.6 is 0 Å². The van der Waals surface area contributed by atoms with Gasteiger partial charge in [0.2, 0.25) is 11.8 Å². The topological polar surface area (TPSA) is 88.9 Å². The van der Waals surface area contributed by atoms with Crippen molar-refractivity contribution < 1.29 is 9.59 Å². The van der Waals surface area contributed by atoms with Crippen LogP contribution in [0.1, 0.15) is 57.8 Å². The molecule has 0 atom stereocenters. The highest BCUT2D eigenvalue weighted by Gasteiger charge is 2.21. The molecule has 2 N–H and O–H groups in total. The number of amides is 2. The maximum atomic E-state index is 12.4. The number of rotatable bonds is 5. The van der Waals surface area contributed by atoms with Crippen molar-refractivity contribution in [1.82, 2.24) is 20.1 Å². The van der Waals surface area contributed by atoms with Gasteiger partial charge in [-0.15, -0.1) is 10.2 Å². The molecule has 2 heterocycles. The molecular formula is C22H31N5O2. The smallest absolute Gasteiger partial charge is 0.226 e. The zero-order valence-electron chi connectivity index (χ0n) is 17.8. The first-order valence-electron chi connectivity index (χ1n) is 10.4. The molecule has 0 fully saturated rings. The van der Waals surface area contributed by atoms with Crippen molar-refractivity contribution >= 4 is 17.5 Å². The first-order chi connectivity index (χ1) is 13.8. The van der Waals surface area contributed by atoms with Crippen molar-refractivity contribution in [2.45, 2.75) is 66.3 Å². The van der Waals surface area contributed by atoms with Crippen molar-refractivity contribution in [3.05, 3.63) is 29.6 Å². The largest absolute Gasteiger partial charge is 0.355 e. The fourth-order valence-electron chi connectivity index (χ4n) is 3.36. The number of benzene rings is 1. The molecule has 1 aliphatic rings. The minimum absolute atomic E-state index is 0.0593. The average molecular weight is 398 g/mol. The summed E-state index contributed by atoms with van der Waals surface area (Å²) in [7, 11) is 0. The molecule has 1 aromatic heterocycles. The third-order valence-corrected chi connectivity index (χ3v) is 5.20. The number of carbonyl (C=O) groups excluding carboxylic acids is 2. The number of hydrogen-bond acceptors (Lipinski definition) is 4. The third kappa shape index (κ3) is 5.22. The predicted octanol–water partition coefficient (Wildman–Crippen LogP) is 3.47. The number of aromatic nitrogens is 3. The molecule has 7 heteroatoms. The molecule has 0 spiro atoms. The SMILES string of the molecule is Cc1ccc(-c2nnc3n2CCCCC3)cc1NC(=O)CCNC(=O)C(C)(C)C. The highest BCUT2D eigenvalue weighted by atomic mass is 16.2. The summed E-state index contributed by atoms with van der Waals surface area (Å²) in [5.41, 5.74) is 2.24. The molecule has 0 radical (unpaired) electrons. The van der Waals surface area contributed by atoms with Gasteiger partial charge in [0.1, 0.15) is 5.82 Å². The van der Waals surface area contributed by atoms with E-state index < -0.39 is 5.41 Å². The zero-order valence-corrected chi connectivity index (χ0v) is 17.8. The van der Waals surface area contributed by atoms with E-state index in [1.807, 2.05) is 45.9 Å². The Morgan fingerprint density at radius 2 is 1.93 bits per heavy atom. The van der Waals surface area contributed by atoms with Crippen LogP contribution in [-0.2, 0) is 22.6 Å². The normalized spacial score (nSPS) is 14.1. The summed E-state index contributed by atoms with van der Waals surface area (Å²) in [5, 5.41) is 14.5. The van der Waals surface area contributed by atoms with Crippen LogP contribution in [0.3, 0.4) is 0 Å². The van der Waals surface area contributed by atoms with E-state index >= 15 is 0 Å². The van der Waals surface area contributed by atoms with Crippen LogP contribution in [0.2, 0.25) is 0 Å². The second kappa shape index (κ2) is 8.76. The lowest BCUT2D eigenvalue weighted by molar-refractivity contribution is -0.128. The Morgan fingerprint density at radius 1 is 1.14 bits per heavy atom. The van der Waals surface area contributed by atoms with Gasteiger partial charge in [0.15, 0.2) is 5.82 Å². The molecule has 29 heavy (non-hydrogen) atoms. The Kier molecular flexibility index (Phi) is 6.35. The fraction of sp³-hybridized carbons (Fsp3) is 0.545. The summed E-state index contributed by atoms with van der Waals surface area (Å²) >= 11 is 0. The number of aryl methyl sites for hydroxylation is 2. The first kappa shape index (κ1) is 21.0. The lowest BCUT2D eigenvalue weighted by atomic mass is 9.96. The van der Waals surface area contributed by atoms with Gasteiger partial charge in [-0.3, -0.25) is 9.59 Å². The summed E-state index contributed by atoms with van der Waals surface area (Å²) in [6, 6.07) is 5.98. The van der Waals surface area contributed by atoms with Crippen molar-refractivity contribution in [1.29, 1.82) is 0 Å². The lowest BCUT2D eigenvalue weighted by Gasteiger charge is -2.17. The number of anilines is 1. The summed E-state index contributed by atoms with van der Waals surface area (Å²) in [5.74, 6) is 1.71. The second-order valence-electron chi connectivity index (χ2n) is 8.74. The molecule has 0 bridgehead atoms. The van der Waals surface area contributed by atoms with E-state index in [0.717, 1.165) is 54.3 Å². The van der Waals surface area contributed by atoms with Gasteiger partial charge in [-0.1, -0.05) is 39.3 Å². The Balaban J connectivity index is 1.68. The molecule has 156 valence electrons. The Hall–Kier alpha value is -2.70. The summed E-state index contributed by atoms with van der Waals surface area (Å²) in [4.78, 5) is 24.3. The molecular weight excluding hydrogens is 366 g/mol. The Bertz CT molecular complexity index is 895. The van der Waals surface area contributed by atoms with Gasteiger partial charge < -0.3 is 15.2 Å². The minimum atomic E-state index is -0.461. The Labute approximate surface area is 172 Å². The monoisotopic (exact) mass is 397 g/mol. The Morgan fingerprint density at radius 3 is 2.69 bits per heavy atom. The van der Waals surface area contributed by atoms with Crippen molar-refractivity contribution in [2.75, 3.05) is 11.9 Å². The van der Waals surface area contributed by atoms with E-state index in [9.17, 15) is 9.59 Å². The maximum absolute atomic E-state index is 12.4. The highest BCUT2D eigenvalue weighted by molar-refractivity contribution is 5.92. The summed E-state index contributed by atoms with van der Waals surface area (Å²) in [6.07, 6.45) is 4.69. The average Bonchev–Trinajstić information content (AvgIpc) is 2.91. The van der Waals surface area contributed by atoms with Crippen LogP contribution in [0.15, 0.2) is 18.2 Å². The van der Waals surface area contributed by atoms with Gasteiger partial charge in [0.05, 0.1) is 0 Å². The molecule has 1 aliphatic heterocycles. The van der Waals surface area contributed by atoms with E-state index in [2.05, 4.69) is 25.4 Å². The first-order valence-corrected chi connectivity index (χ1v) is 10.4. The van der Waals surface area contributed by atoms with Gasteiger partial charge in [-0.05, 0) is 31.4 Å². The van der Waals surface area contributed by atoms with Crippen molar-refractivity contribution in [3.8, 4) is 11.4 Å². The highest BCUT2D eigenvalue weighted by Crippen LogP contribution is 2.27. The maximum Gasteiger partial charge on any atom is 0.226 e. The molecule has 0 unspecified atom stereocenters. The van der Waals surface area contributed by atoms with Gasteiger partial charge in [-0.25, -0.2) is 0 Å². The van der Waals surface area contributed by atoms with Crippen molar-refractivity contribution in [3.63, 3.8) is 0 Å². The van der Waals surface area contributed by atoms with Gasteiger partial charge in [-0.2, -0.15) is 0 Å². The van der Waals surface area contributed by atoms with Gasteiger partial charge in [0, 0.05) is 42.6 Å². The summed E-state index contributed by atoms with van der Waals surface area (Å²) in [6.45, 7) is 8.76. The number of nitrogens with one attached hydrogen (secondary N) is 2. The second-order valence-corrected chi connectivity index (χ2v) is 8.74. The van der Waals surface area contributed by atoms with E-state index in [1.54, 1.807) is 0 Å². The molecule has 3 rings (SSSR count). The molecule has 0 saturated heterocycles. The number of hydrogen-bond donors (Lipinski definition) is 2. The fourth-order valence-corrected chi connectivity index (χ4v) is 3.36. The summed E-state index contributed by atoms with van der Waals surface area (Å²) < 4.78 is 2.20. The van der Waals surface area contributed by atoms with Crippen molar-refractivity contribution in [2.24, 2.45) is 5.41 Å². The molecule has 2 amide bonds. The quantitative estimate of drug-likeness (QED) is 0.808. The zero-order chi connectivity index (χ0) is 21.0. The molecule has 7 nitrogen and oxygen atoms in total. The predicted molar refractivity (Wildman–Crippen MR) is 113 cm³/mol. The van der Waals surface area contributed by atoms with Crippen LogP contribution in [0, 0.1) is 12.3 Å². The molecule has 1 aromatic carbocycles. The van der Waals surface area contributed by atoms with Gasteiger partial charge in [0.25, 0.3) is 0 Å². The van der Waals surface area contributed by atoms with Crippen LogP contribution in [0.5, 0.6) is 0 Å². The van der Waals surface area contributed by atoms with E-state index in [1.165, 1.54) is 6.42 Å². The lowest BCUT2D eigenvalue weighted by Crippen LogP contribution is -2.36. The molecule has 2 aromatic rings. The van der Waals surface area contributed by atoms with Gasteiger partial charge >= 0.3 is 0 Å². The number of nitrogens with zero attached hydrogens (tertiary/aromatic N) is 3. The molecule has 0 saturated carbocycles. The standard InChI is InChI=1S/C22H31N5O2/c1-15-9-10-16(20-26-25-18-8-6-5-7-13-27(18)20)14-17(15)24-19(28)11-12-23-21(29)22(2,3)4/h9-10,14H,5-8,11-13H2,1-4H3,(H,23,29)(H,24,28). The number of fused-ring (bicyclic) bond motifs is 1. The van der Waals surface area contributed by atoms with E-state index in [-0.39, 0.29) is 18.2 Å². The van der Waals surface area contributed by atoms with Crippen LogP contribution in [0.25, 0.3) is 11.4 Å². The van der Waals surface area contributed by atoms with E-state index in [4.69, 9.17) is 0 Å². The number of carbonyl (C=O) groups is 2. The van der Waals surface area contributed by atoms with Crippen LogP contribution < -0.4 is 10.6 Å². The van der Waals surface area contributed by atoms with Crippen LogP contribution in [-0.4, -0.2) is 33.1 Å².